The van der Waals surface area contributed by atoms with Crippen LogP contribution in [0.25, 0.3) is 0 Å². The van der Waals surface area contributed by atoms with E-state index in [9.17, 15) is 13.2 Å². The Bertz CT molecular complexity index is 1160. The number of rotatable bonds is 9. The number of amides is 1. The van der Waals surface area contributed by atoms with E-state index in [1.165, 1.54) is 24.3 Å². The van der Waals surface area contributed by atoms with Crippen LogP contribution < -0.4 is 14.8 Å². The van der Waals surface area contributed by atoms with Crippen LogP contribution in [0.4, 0.5) is 5.69 Å². The van der Waals surface area contributed by atoms with Gasteiger partial charge in [0.15, 0.2) is 0 Å². The number of ether oxygens (including phenoxy) is 2. The van der Waals surface area contributed by atoms with Gasteiger partial charge in [0.1, 0.15) is 12.4 Å². The van der Waals surface area contributed by atoms with Gasteiger partial charge < -0.3 is 14.8 Å². The monoisotopic (exact) mass is 466 g/mol. The van der Waals surface area contributed by atoms with Gasteiger partial charge in [-0.25, -0.2) is 13.1 Å². The summed E-state index contributed by atoms with van der Waals surface area (Å²) in [5, 5.41) is 2.80. The van der Waals surface area contributed by atoms with E-state index in [1.54, 1.807) is 24.3 Å². The lowest BCUT2D eigenvalue weighted by atomic mass is 10.2. The smallest absolute Gasteiger partial charge is 0.255 e. The molecule has 1 unspecified atom stereocenters. The number of anilines is 1. The van der Waals surface area contributed by atoms with Crippen molar-refractivity contribution in [3.63, 3.8) is 0 Å². The third kappa shape index (κ3) is 6.41. The van der Waals surface area contributed by atoms with Crippen molar-refractivity contribution in [3.05, 3.63) is 90.0 Å². The normalized spacial score (nSPS) is 15.8. The van der Waals surface area contributed by atoms with Crippen molar-refractivity contribution < 1.29 is 22.7 Å². The Hall–Kier alpha value is -3.20. The van der Waals surface area contributed by atoms with Crippen molar-refractivity contribution in [3.8, 4) is 5.75 Å². The highest BCUT2D eigenvalue weighted by molar-refractivity contribution is 7.89. The first-order valence-electron chi connectivity index (χ1n) is 10.8. The second-order valence-electron chi connectivity index (χ2n) is 7.76. The second kappa shape index (κ2) is 10.6. The lowest BCUT2D eigenvalue weighted by Crippen LogP contribution is -2.31. The maximum absolute atomic E-state index is 12.5. The predicted octanol–water partition coefficient (Wildman–Crippen LogP) is 3.98. The number of hydrogen-bond donors (Lipinski definition) is 2. The van der Waals surface area contributed by atoms with E-state index >= 15 is 0 Å². The largest absolute Gasteiger partial charge is 0.489 e. The zero-order valence-corrected chi connectivity index (χ0v) is 18.9. The molecule has 3 aromatic rings. The summed E-state index contributed by atoms with van der Waals surface area (Å²) in [6, 6.07) is 22.8. The third-order valence-corrected chi connectivity index (χ3v) is 6.75. The molecule has 0 aromatic heterocycles. The van der Waals surface area contributed by atoms with Gasteiger partial charge in [0, 0.05) is 24.4 Å². The Kier molecular flexibility index (Phi) is 7.39. The molecule has 0 spiro atoms. The first-order chi connectivity index (χ1) is 16.0. The molecule has 4 rings (SSSR count). The van der Waals surface area contributed by atoms with E-state index < -0.39 is 10.0 Å². The minimum absolute atomic E-state index is 0.0834. The summed E-state index contributed by atoms with van der Waals surface area (Å²) < 4.78 is 38.7. The summed E-state index contributed by atoms with van der Waals surface area (Å²) in [6.45, 7) is 1.37. The van der Waals surface area contributed by atoms with E-state index in [1.807, 2.05) is 30.3 Å². The van der Waals surface area contributed by atoms with Crippen molar-refractivity contribution in [2.75, 3.05) is 18.5 Å². The van der Waals surface area contributed by atoms with Crippen LogP contribution in [0.3, 0.4) is 0 Å². The van der Waals surface area contributed by atoms with Gasteiger partial charge in [-0.15, -0.1) is 0 Å². The molecule has 1 aliphatic rings. The van der Waals surface area contributed by atoms with Crippen LogP contribution in [0.1, 0.15) is 28.8 Å². The molecular weight excluding hydrogens is 440 g/mol. The average molecular weight is 467 g/mol. The molecule has 1 aliphatic heterocycles. The maximum atomic E-state index is 12.5. The molecule has 1 atom stereocenters. The zero-order chi connectivity index (χ0) is 23.1. The number of benzene rings is 3. The van der Waals surface area contributed by atoms with Crippen LogP contribution in [-0.2, 0) is 21.4 Å². The molecule has 3 aromatic carbocycles. The van der Waals surface area contributed by atoms with Crippen LogP contribution >= 0.6 is 0 Å². The fourth-order valence-electron chi connectivity index (χ4n) is 3.46. The SMILES string of the molecule is O=C(Nc1ccc(OCc2ccccc2)cc1)c1ccc(S(=O)(=O)NCC2CCCO2)cc1. The second-order valence-corrected chi connectivity index (χ2v) is 9.53. The molecule has 172 valence electrons. The highest BCUT2D eigenvalue weighted by Crippen LogP contribution is 2.19. The molecule has 1 heterocycles. The van der Waals surface area contributed by atoms with E-state index in [2.05, 4.69) is 10.0 Å². The Balaban J connectivity index is 1.30. The van der Waals surface area contributed by atoms with Crippen LogP contribution in [0.15, 0.2) is 83.8 Å². The zero-order valence-electron chi connectivity index (χ0n) is 18.1. The fraction of sp³-hybridized carbons (Fsp3) is 0.240. The standard InChI is InChI=1S/C25H26N2O5S/c28-25(27-21-10-12-22(13-11-21)32-18-19-5-2-1-3-6-19)20-8-14-24(15-9-20)33(29,30)26-17-23-7-4-16-31-23/h1-3,5-6,8-15,23,26H,4,7,16-18H2,(H,27,28). The molecule has 1 amide bonds. The van der Waals surface area contributed by atoms with Gasteiger partial charge >= 0.3 is 0 Å². The molecule has 0 radical (unpaired) electrons. The Morgan fingerprint density at radius 2 is 1.70 bits per heavy atom. The van der Waals surface area contributed by atoms with E-state index in [0.717, 1.165) is 18.4 Å². The first kappa shape index (κ1) is 23.0. The van der Waals surface area contributed by atoms with Crippen molar-refractivity contribution >= 4 is 21.6 Å². The van der Waals surface area contributed by atoms with Gasteiger partial charge in [0.25, 0.3) is 5.91 Å². The lowest BCUT2D eigenvalue weighted by Gasteiger charge is -2.12. The molecule has 8 heteroatoms. The molecule has 0 bridgehead atoms. The molecule has 2 N–H and O–H groups in total. The summed E-state index contributed by atoms with van der Waals surface area (Å²) in [5.74, 6) is 0.367. The summed E-state index contributed by atoms with van der Waals surface area (Å²) in [4.78, 5) is 12.7. The summed E-state index contributed by atoms with van der Waals surface area (Å²) in [7, 11) is -3.66. The number of hydrogen-bond acceptors (Lipinski definition) is 5. The minimum atomic E-state index is -3.66. The van der Waals surface area contributed by atoms with Crippen molar-refractivity contribution in [2.24, 2.45) is 0 Å². The molecule has 7 nitrogen and oxygen atoms in total. The molecule has 0 aliphatic carbocycles. The minimum Gasteiger partial charge on any atom is -0.489 e. The highest BCUT2D eigenvalue weighted by atomic mass is 32.2. The fourth-order valence-corrected chi connectivity index (χ4v) is 4.52. The molecule has 1 saturated heterocycles. The van der Waals surface area contributed by atoms with Crippen LogP contribution in [0.2, 0.25) is 0 Å². The molecule has 1 fully saturated rings. The number of sulfonamides is 1. The Labute approximate surface area is 193 Å². The highest BCUT2D eigenvalue weighted by Gasteiger charge is 2.20. The van der Waals surface area contributed by atoms with E-state index in [-0.39, 0.29) is 23.5 Å². The van der Waals surface area contributed by atoms with E-state index in [4.69, 9.17) is 9.47 Å². The number of carbonyl (C=O) groups excluding carboxylic acids is 1. The first-order valence-corrected chi connectivity index (χ1v) is 12.3. The van der Waals surface area contributed by atoms with Crippen molar-refractivity contribution in [1.82, 2.24) is 4.72 Å². The lowest BCUT2D eigenvalue weighted by molar-refractivity contribution is 0.102. The Morgan fingerprint density at radius 1 is 0.970 bits per heavy atom. The van der Waals surface area contributed by atoms with Gasteiger partial charge in [0.05, 0.1) is 11.0 Å². The van der Waals surface area contributed by atoms with Crippen LogP contribution in [-0.4, -0.2) is 33.6 Å². The summed E-state index contributed by atoms with van der Waals surface area (Å²) in [6.07, 6.45) is 1.71. The number of carbonyl (C=O) groups is 1. The average Bonchev–Trinajstić information content (AvgIpc) is 3.37. The quantitative estimate of drug-likeness (QED) is 0.498. The van der Waals surface area contributed by atoms with Crippen molar-refractivity contribution in [2.45, 2.75) is 30.4 Å². The molecular formula is C25H26N2O5S. The molecule has 33 heavy (non-hydrogen) atoms. The van der Waals surface area contributed by atoms with Crippen LogP contribution in [0, 0.1) is 0 Å². The number of nitrogens with one attached hydrogen (secondary N) is 2. The summed E-state index contributed by atoms with van der Waals surface area (Å²) in [5.41, 5.74) is 2.04. The Morgan fingerprint density at radius 3 is 2.36 bits per heavy atom. The maximum Gasteiger partial charge on any atom is 0.255 e. The van der Waals surface area contributed by atoms with Gasteiger partial charge in [-0.2, -0.15) is 0 Å². The van der Waals surface area contributed by atoms with E-state index in [0.29, 0.717) is 30.2 Å². The predicted molar refractivity (Wildman–Crippen MR) is 126 cm³/mol. The van der Waals surface area contributed by atoms with Crippen molar-refractivity contribution in [1.29, 1.82) is 0 Å². The summed E-state index contributed by atoms with van der Waals surface area (Å²) >= 11 is 0. The topological polar surface area (TPSA) is 93.7 Å². The van der Waals surface area contributed by atoms with Gasteiger partial charge in [-0.1, -0.05) is 30.3 Å². The molecule has 0 saturated carbocycles. The van der Waals surface area contributed by atoms with Gasteiger partial charge in [-0.3, -0.25) is 4.79 Å². The van der Waals surface area contributed by atoms with Gasteiger partial charge in [0.2, 0.25) is 10.0 Å². The van der Waals surface area contributed by atoms with Gasteiger partial charge in [-0.05, 0) is 66.9 Å². The third-order valence-electron chi connectivity index (χ3n) is 5.31. The van der Waals surface area contributed by atoms with Crippen LogP contribution in [0.5, 0.6) is 5.75 Å².